The van der Waals surface area contributed by atoms with Crippen LogP contribution in [-0.2, 0) is 6.54 Å². The third kappa shape index (κ3) is 3.86. The molecule has 1 fully saturated rings. The number of nitrogens with zero attached hydrogens (tertiary/aromatic N) is 1. The van der Waals surface area contributed by atoms with E-state index in [2.05, 4.69) is 24.1 Å². The molecule has 3 heteroatoms. The van der Waals surface area contributed by atoms with Crippen molar-refractivity contribution in [1.82, 2.24) is 10.2 Å². The van der Waals surface area contributed by atoms with E-state index in [9.17, 15) is 0 Å². The first kappa shape index (κ1) is 12.7. The Balaban J connectivity index is 1.61. The summed E-state index contributed by atoms with van der Waals surface area (Å²) in [5.74, 6) is 1.92. The number of likely N-dealkylation sites (tertiary alicyclic amines) is 1. The topological polar surface area (TPSA) is 28.4 Å². The van der Waals surface area contributed by atoms with Crippen LogP contribution in [0.4, 0.5) is 0 Å². The summed E-state index contributed by atoms with van der Waals surface area (Å²) >= 11 is 0. The highest BCUT2D eigenvalue weighted by atomic mass is 16.3. The van der Waals surface area contributed by atoms with E-state index in [1.54, 1.807) is 6.26 Å². The summed E-state index contributed by atoms with van der Waals surface area (Å²) in [6.07, 6.45) is 4.42. The maximum Gasteiger partial charge on any atom is 0.117 e. The third-order valence-electron chi connectivity index (χ3n) is 3.73. The summed E-state index contributed by atoms with van der Waals surface area (Å²) in [6.45, 7) is 9.00. The highest BCUT2D eigenvalue weighted by molar-refractivity contribution is 4.97. The van der Waals surface area contributed by atoms with Crippen molar-refractivity contribution < 1.29 is 4.42 Å². The molecule has 1 N–H and O–H groups in total. The molecule has 0 saturated carbocycles. The normalized spacial score (nSPS) is 26.2. The Hall–Kier alpha value is -0.800. The van der Waals surface area contributed by atoms with Gasteiger partial charge in [0.15, 0.2) is 0 Å². The molecule has 17 heavy (non-hydrogen) atoms. The molecule has 0 amide bonds. The Labute approximate surface area is 104 Å². The van der Waals surface area contributed by atoms with Crippen molar-refractivity contribution in [3.8, 4) is 0 Å². The van der Waals surface area contributed by atoms with Crippen molar-refractivity contribution in [3.63, 3.8) is 0 Å². The van der Waals surface area contributed by atoms with Crippen LogP contribution in [0.2, 0.25) is 0 Å². The van der Waals surface area contributed by atoms with Crippen LogP contribution < -0.4 is 5.32 Å². The van der Waals surface area contributed by atoms with Crippen molar-refractivity contribution >= 4 is 0 Å². The average molecular weight is 236 g/mol. The van der Waals surface area contributed by atoms with Gasteiger partial charge in [0, 0.05) is 19.1 Å². The Morgan fingerprint density at radius 2 is 2.35 bits per heavy atom. The second-order valence-electron chi connectivity index (χ2n) is 5.27. The van der Waals surface area contributed by atoms with Crippen molar-refractivity contribution in [2.75, 3.05) is 19.6 Å². The molecule has 2 rings (SSSR count). The number of furan rings is 1. The van der Waals surface area contributed by atoms with Crippen LogP contribution in [-0.4, -0.2) is 30.6 Å². The molecule has 2 heterocycles. The van der Waals surface area contributed by atoms with Crippen LogP contribution in [0, 0.1) is 5.92 Å². The quantitative estimate of drug-likeness (QED) is 0.796. The van der Waals surface area contributed by atoms with E-state index in [1.165, 1.54) is 19.4 Å². The minimum absolute atomic E-state index is 0.740. The Morgan fingerprint density at radius 3 is 3.06 bits per heavy atom. The van der Waals surface area contributed by atoms with Crippen molar-refractivity contribution in [1.29, 1.82) is 0 Å². The van der Waals surface area contributed by atoms with Crippen LogP contribution in [0.25, 0.3) is 0 Å². The van der Waals surface area contributed by atoms with E-state index in [0.717, 1.165) is 37.4 Å². The lowest BCUT2D eigenvalue weighted by molar-refractivity contribution is 0.130. The molecule has 1 aromatic rings. The van der Waals surface area contributed by atoms with Gasteiger partial charge in [0.25, 0.3) is 0 Å². The number of hydrogen-bond donors (Lipinski definition) is 1. The molecule has 96 valence electrons. The van der Waals surface area contributed by atoms with Gasteiger partial charge in [0.2, 0.25) is 0 Å². The lowest BCUT2D eigenvalue weighted by Crippen LogP contribution is -2.43. The molecule has 0 bridgehead atoms. The molecular weight excluding hydrogens is 212 g/mol. The minimum Gasteiger partial charge on any atom is -0.468 e. The molecule has 0 aliphatic carbocycles. The minimum atomic E-state index is 0.740. The predicted molar refractivity (Wildman–Crippen MR) is 69.8 cm³/mol. The molecule has 0 spiro atoms. The van der Waals surface area contributed by atoms with Crippen molar-refractivity contribution in [3.05, 3.63) is 24.2 Å². The molecule has 0 aromatic carbocycles. The van der Waals surface area contributed by atoms with Gasteiger partial charge in [-0.05, 0) is 44.4 Å². The lowest BCUT2D eigenvalue weighted by Gasteiger charge is -2.36. The van der Waals surface area contributed by atoms with Gasteiger partial charge in [-0.3, -0.25) is 4.90 Å². The Bertz CT molecular complexity index is 310. The maximum atomic E-state index is 5.28. The van der Waals surface area contributed by atoms with Gasteiger partial charge in [-0.1, -0.05) is 6.92 Å². The molecule has 1 aliphatic rings. The summed E-state index contributed by atoms with van der Waals surface area (Å²) in [7, 11) is 0. The van der Waals surface area contributed by atoms with Gasteiger partial charge in [0.05, 0.1) is 12.8 Å². The zero-order chi connectivity index (χ0) is 12.1. The fourth-order valence-corrected chi connectivity index (χ4v) is 2.64. The summed E-state index contributed by atoms with van der Waals surface area (Å²) < 4.78 is 5.28. The molecule has 3 nitrogen and oxygen atoms in total. The van der Waals surface area contributed by atoms with E-state index >= 15 is 0 Å². The van der Waals surface area contributed by atoms with E-state index in [-0.39, 0.29) is 0 Å². The third-order valence-corrected chi connectivity index (χ3v) is 3.73. The number of nitrogens with one attached hydrogen (secondary N) is 1. The first-order valence-corrected chi connectivity index (χ1v) is 6.73. The predicted octanol–water partition coefficient (Wildman–Crippen LogP) is 2.49. The first-order valence-electron chi connectivity index (χ1n) is 6.73. The number of rotatable bonds is 5. The van der Waals surface area contributed by atoms with Crippen LogP contribution in [0.1, 0.15) is 32.4 Å². The second-order valence-corrected chi connectivity index (χ2v) is 5.27. The lowest BCUT2D eigenvalue weighted by atomic mass is 9.93. The SMILES string of the molecule is CC1CCN(CCNCc2ccco2)C(C)C1. The average Bonchev–Trinajstić information content (AvgIpc) is 2.79. The Morgan fingerprint density at radius 1 is 1.47 bits per heavy atom. The van der Waals surface area contributed by atoms with Gasteiger partial charge < -0.3 is 9.73 Å². The molecule has 1 aliphatic heterocycles. The fourth-order valence-electron chi connectivity index (χ4n) is 2.64. The van der Waals surface area contributed by atoms with Gasteiger partial charge >= 0.3 is 0 Å². The van der Waals surface area contributed by atoms with E-state index in [4.69, 9.17) is 4.42 Å². The number of hydrogen-bond acceptors (Lipinski definition) is 3. The molecular formula is C14H24N2O. The van der Waals surface area contributed by atoms with E-state index < -0.39 is 0 Å². The second kappa shape index (κ2) is 6.22. The summed E-state index contributed by atoms with van der Waals surface area (Å²) in [6, 6.07) is 4.69. The van der Waals surface area contributed by atoms with E-state index in [1.807, 2.05) is 12.1 Å². The highest BCUT2D eigenvalue weighted by Gasteiger charge is 2.21. The van der Waals surface area contributed by atoms with Gasteiger partial charge in [-0.25, -0.2) is 0 Å². The summed E-state index contributed by atoms with van der Waals surface area (Å²) in [4.78, 5) is 2.59. The monoisotopic (exact) mass is 236 g/mol. The zero-order valence-corrected chi connectivity index (χ0v) is 11.0. The van der Waals surface area contributed by atoms with Crippen molar-refractivity contribution in [2.24, 2.45) is 5.92 Å². The van der Waals surface area contributed by atoms with Gasteiger partial charge in [0.1, 0.15) is 5.76 Å². The molecule has 0 radical (unpaired) electrons. The van der Waals surface area contributed by atoms with Crippen LogP contribution in [0.3, 0.4) is 0 Å². The summed E-state index contributed by atoms with van der Waals surface area (Å²) in [5, 5.41) is 3.43. The van der Waals surface area contributed by atoms with Gasteiger partial charge in [-0.2, -0.15) is 0 Å². The standard InChI is InChI=1S/C14H24N2O/c1-12-5-7-16(13(2)10-12)8-6-15-11-14-4-3-9-17-14/h3-4,9,12-13,15H,5-8,10-11H2,1-2H3. The molecule has 2 atom stereocenters. The molecule has 2 unspecified atom stereocenters. The highest BCUT2D eigenvalue weighted by Crippen LogP contribution is 2.21. The molecule has 1 aromatic heterocycles. The summed E-state index contributed by atoms with van der Waals surface area (Å²) in [5.41, 5.74) is 0. The van der Waals surface area contributed by atoms with Crippen LogP contribution >= 0.6 is 0 Å². The van der Waals surface area contributed by atoms with Crippen molar-refractivity contribution in [2.45, 2.75) is 39.3 Å². The maximum absolute atomic E-state index is 5.28. The molecule has 1 saturated heterocycles. The smallest absolute Gasteiger partial charge is 0.117 e. The zero-order valence-electron chi connectivity index (χ0n) is 11.0. The largest absolute Gasteiger partial charge is 0.468 e. The van der Waals surface area contributed by atoms with Crippen LogP contribution in [0.5, 0.6) is 0 Å². The van der Waals surface area contributed by atoms with Crippen LogP contribution in [0.15, 0.2) is 22.8 Å². The number of piperidine rings is 1. The van der Waals surface area contributed by atoms with E-state index in [0.29, 0.717) is 0 Å². The Kier molecular flexibility index (Phi) is 4.63. The first-order chi connectivity index (χ1) is 8.25. The van der Waals surface area contributed by atoms with Gasteiger partial charge in [-0.15, -0.1) is 0 Å². The fraction of sp³-hybridized carbons (Fsp3) is 0.714.